The quantitative estimate of drug-likeness (QED) is 0.526. The van der Waals surface area contributed by atoms with Gasteiger partial charge in [-0.3, -0.25) is 0 Å². The van der Waals surface area contributed by atoms with E-state index in [4.69, 9.17) is 19.2 Å². The molecule has 0 saturated heterocycles. The number of nitrogens with one attached hydrogen (secondary N) is 1. The second kappa shape index (κ2) is 9.47. The van der Waals surface area contributed by atoms with E-state index in [1.165, 1.54) is 0 Å². The van der Waals surface area contributed by atoms with Gasteiger partial charge in [-0.05, 0) is 19.0 Å². The molecular weight excluding hydrogens is 370 g/mol. The second-order valence-corrected chi connectivity index (χ2v) is 6.91. The summed E-state index contributed by atoms with van der Waals surface area (Å²) in [6.45, 7) is 2.54. The first-order valence-electron chi connectivity index (χ1n) is 9.55. The number of imidazole rings is 1. The molecule has 8 nitrogen and oxygen atoms in total. The van der Waals surface area contributed by atoms with Crippen molar-refractivity contribution in [1.29, 1.82) is 0 Å². The summed E-state index contributed by atoms with van der Waals surface area (Å²) in [5, 5.41) is 4.41. The molecule has 0 aliphatic rings. The molecule has 0 atom stereocenters. The van der Waals surface area contributed by atoms with Gasteiger partial charge in [-0.25, -0.2) is 9.97 Å². The lowest BCUT2D eigenvalue weighted by Crippen LogP contribution is -2.20. The van der Waals surface area contributed by atoms with Crippen molar-refractivity contribution in [2.45, 2.75) is 19.5 Å². The van der Waals surface area contributed by atoms with Crippen molar-refractivity contribution in [2.24, 2.45) is 0 Å². The molecule has 2 heterocycles. The van der Waals surface area contributed by atoms with Crippen LogP contribution in [0.15, 0.2) is 30.9 Å². The van der Waals surface area contributed by atoms with E-state index >= 15 is 0 Å². The molecule has 1 N–H and O–H groups in total. The number of anilines is 1. The van der Waals surface area contributed by atoms with Crippen LogP contribution in [0.4, 0.5) is 5.82 Å². The van der Waals surface area contributed by atoms with Crippen molar-refractivity contribution in [1.82, 2.24) is 19.9 Å². The fourth-order valence-electron chi connectivity index (χ4n) is 3.37. The molecule has 8 heteroatoms. The number of aryl methyl sites for hydroxylation is 1. The molecule has 29 heavy (non-hydrogen) atoms. The Bertz CT molecular complexity index is 941. The average molecular weight is 399 g/mol. The maximum absolute atomic E-state index is 5.64. The third-order valence-corrected chi connectivity index (χ3v) is 4.75. The first-order chi connectivity index (χ1) is 14.1. The largest absolute Gasteiger partial charge is 0.493 e. The number of ether oxygens (including phenoxy) is 3. The van der Waals surface area contributed by atoms with Gasteiger partial charge in [-0.1, -0.05) is 0 Å². The molecule has 0 fully saturated rings. The number of benzene rings is 1. The van der Waals surface area contributed by atoms with Crippen molar-refractivity contribution in [3.8, 4) is 17.2 Å². The standard InChI is InChI=1S/C21H29N5O3/c1-25(2)21-15(13-22-7-6-9-26-10-8-23-14-26)11-16-17(24-21)12-18(27-3)20(29-5)19(16)28-4/h8,10-12,14,22H,6-7,9,13H2,1-5H3. The number of hydrogen-bond donors (Lipinski definition) is 1. The zero-order valence-electron chi connectivity index (χ0n) is 17.7. The predicted octanol–water partition coefficient (Wildman–Crippen LogP) is 2.70. The van der Waals surface area contributed by atoms with Crippen LogP contribution in [0.25, 0.3) is 10.9 Å². The van der Waals surface area contributed by atoms with Crippen LogP contribution in [0, 0.1) is 0 Å². The highest BCUT2D eigenvalue weighted by molar-refractivity contribution is 5.92. The van der Waals surface area contributed by atoms with Crippen molar-refractivity contribution in [3.05, 3.63) is 36.4 Å². The molecule has 0 radical (unpaired) electrons. The first kappa shape index (κ1) is 20.7. The topological polar surface area (TPSA) is 73.7 Å². The van der Waals surface area contributed by atoms with Crippen LogP contribution in [0.1, 0.15) is 12.0 Å². The molecule has 3 aromatic rings. The van der Waals surface area contributed by atoms with Crippen molar-refractivity contribution in [2.75, 3.05) is 46.9 Å². The van der Waals surface area contributed by atoms with Crippen LogP contribution in [-0.2, 0) is 13.1 Å². The Morgan fingerprint density at radius 3 is 2.48 bits per heavy atom. The summed E-state index contributed by atoms with van der Waals surface area (Å²) in [7, 11) is 8.84. The van der Waals surface area contributed by atoms with Gasteiger partial charge in [0.1, 0.15) is 5.82 Å². The minimum absolute atomic E-state index is 0.571. The molecule has 0 aliphatic heterocycles. The van der Waals surface area contributed by atoms with Gasteiger partial charge in [0, 0.05) is 56.6 Å². The molecule has 3 rings (SSSR count). The van der Waals surface area contributed by atoms with E-state index < -0.39 is 0 Å². The maximum Gasteiger partial charge on any atom is 0.204 e. The van der Waals surface area contributed by atoms with Gasteiger partial charge in [0.2, 0.25) is 5.75 Å². The van der Waals surface area contributed by atoms with Crippen molar-refractivity contribution in [3.63, 3.8) is 0 Å². The summed E-state index contributed by atoms with van der Waals surface area (Å²) in [5.41, 5.74) is 1.89. The number of pyridine rings is 1. The van der Waals surface area contributed by atoms with Gasteiger partial charge < -0.3 is 29.0 Å². The number of aromatic nitrogens is 3. The monoisotopic (exact) mass is 399 g/mol. The fraction of sp³-hybridized carbons (Fsp3) is 0.429. The minimum atomic E-state index is 0.571. The predicted molar refractivity (Wildman–Crippen MR) is 114 cm³/mol. The molecule has 0 bridgehead atoms. The zero-order valence-corrected chi connectivity index (χ0v) is 17.7. The van der Waals surface area contributed by atoms with Gasteiger partial charge in [-0.2, -0.15) is 0 Å². The molecule has 0 amide bonds. The summed E-state index contributed by atoms with van der Waals surface area (Å²) < 4.78 is 18.7. The first-order valence-corrected chi connectivity index (χ1v) is 9.55. The maximum atomic E-state index is 5.64. The Morgan fingerprint density at radius 2 is 1.86 bits per heavy atom. The summed E-state index contributed by atoms with van der Waals surface area (Å²) >= 11 is 0. The van der Waals surface area contributed by atoms with Crippen molar-refractivity contribution >= 4 is 16.7 Å². The summed E-state index contributed by atoms with van der Waals surface area (Å²) in [6.07, 6.45) is 6.63. The third kappa shape index (κ3) is 4.54. The number of rotatable bonds is 10. The normalized spacial score (nSPS) is 10.9. The van der Waals surface area contributed by atoms with Gasteiger partial charge in [0.05, 0.1) is 33.2 Å². The van der Waals surface area contributed by atoms with Crippen LogP contribution in [0.5, 0.6) is 17.2 Å². The van der Waals surface area contributed by atoms with E-state index in [0.29, 0.717) is 23.8 Å². The van der Waals surface area contributed by atoms with E-state index in [1.807, 2.05) is 37.6 Å². The van der Waals surface area contributed by atoms with E-state index in [1.54, 1.807) is 27.5 Å². The van der Waals surface area contributed by atoms with Crippen molar-refractivity contribution < 1.29 is 14.2 Å². The number of nitrogens with zero attached hydrogens (tertiary/aromatic N) is 4. The lowest BCUT2D eigenvalue weighted by atomic mass is 10.1. The van der Waals surface area contributed by atoms with Crippen LogP contribution in [-0.4, -0.2) is 56.5 Å². The SMILES string of the molecule is COc1cc2nc(N(C)C)c(CNCCCn3ccnc3)cc2c(OC)c1OC. The molecule has 0 unspecified atom stereocenters. The molecule has 0 spiro atoms. The number of methoxy groups -OCH3 is 3. The Morgan fingerprint density at radius 1 is 1.07 bits per heavy atom. The van der Waals surface area contributed by atoms with Gasteiger partial charge >= 0.3 is 0 Å². The zero-order chi connectivity index (χ0) is 20.8. The van der Waals surface area contributed by atoms with Crippen LogP contribution in [0.3, 0.4) is 0 Å². The number of fused-ring (bicyclic) bond motifs is 1. The van der Waals surface area contributed by atoms with Gasteiger partial charge in [-0.15, -0.1) is 0 Å². The molecule has 156 valence electrons. The van der Waals surface area contributed by atoms with E-state index in [2.05, 4.69) is 20.9 Å². The Balaban J connectivity index is 1.85. The smallest absolute Gasteiger partial charge is 0.204 e. The Hall–Kier alpha value is -3.00. The van der Waals surface area contributed by atoms with E-state index in [9.17, 15) is 0 Å². The van der Waals surface area contributed by atoms with Crippen LogP contribution < -0.4 is 24.4 Å². The highest BCUT2D eigenvalue weighted by Crippen LogP contribution is 2.43. The van der Waals surface area contributed by atoms with Crippen LogP contribution >= 0.6 is 0 Å². The molecular formula is C21H29N5O3. The van der Waals surface area contributed by atoms with E-state index in [0.717, 1.165) is 41.8 Å². The minimum Gasteiger partial charge on any atom is -0.493 e. The van der Waals surface area contributed by atoms with Gasteiger partial charge in [0.25, 0.3) is 0 Å². The third-order valence-electron chi connectivity index (χ3n) is 4.75. The van der Waals surface area contributed by atoms with E-state index in [-0.39, 0.29) is 0 Å². The van der Waals surface area contributed by atoms with Gasteiger partial charge in [0.15, 0.2) is 11.5 Å². The molecule has 0 saturated carbocycles. The average Bonchev–Trinajstić information content (AvgIpc) is 3.24. The highest BCUT2D eigenvalue weighted by Gasteiger charge is 2.19. The highest BCUT2D eigenvalue weighted by atomic mass is 16.5. The second-order valence-electron chi connectivity index (χ2n) is 6.91. The number of hydrogen-bond acceptors (Lipinski definition) is 7. The Labute approximate surface area is 171 Å². The fourth-order valence-corrected chi connectivity index (χ4v) is 3.37. The summed E-state index contributed by atoms with van der Waals surface area (Å²) in [4.78, 5) is 11.0. The van der Waals surface area contributed by atoms with Crippen LogP contribution in [0.2, 0.25) is 0 Å². The Kier molecular flexibility index (Phi) is 6.77. The summed E-state index contributed by atoms with van der Waals surface area (Å²) in [6, 6.07) is 3.99. The molecule has 2 aromatic heterocycles. The lowest BCUT2D eigenvalue weighted by molar-refractivity contribution is 0.327. The molecule has 1 aromatic carbocycles. The lowest BCUT2D eigenvalue weighted by Gasteiger charge is -2.20. The molecule has 0 aliphatic carbocycles. The summed E-state index contributed by atoms with van der Waals surface area (Å²) in [5.74, 6) is 2.70.